The van der Waals surface area contributed by atoms with Gasteiger partial charge in [0.1, 0.15) is 0 Å². The highest BCUT2D eigenvalue weighted by Crippen LogP contribution is 2.27. The smallest absolute Gasteiger partial charge is 0.0191 e. The Labute approximate surface area is 112 Å². The van der Waals surface area contributed by atoms with Gasteiger partial charge in [0.05, 0.1) is 0 Å². The monoisotopic (exact) mass is 258 g/mol. The molecular weight excluding hydrogens is 228 g/mol. The summed E-state index contributed by atoms with van der Waals surface area (Å²) in [6, 6.07) is 1.39. The molecule has 2 atom stereocenters. The molecule has 0 aromatic heterocycles. The molecule has 0 aromatic rings. The van der Waals surface area contributed by atoms with Gasteiger partial charge in [0.25, 0.3) is 0 Å². The maximum atomic E-state index is 3.64. The molecule has 0 amide bonds. The van der Waals surface area contributed by atoms with Gasteiger partial charge in [-0.3, -0.25) is 0 Å². The van der Waals surface area contributed by atoms with Gasteiger partial charge < -0.3 is 10.2 Å². The van der Waals surface area contributed by atoms with Gasteiger partial charge in [0.2, 0.25) is 0 Å². The third-order valence-electron chi connectivity index (χ3n) is 4.06. The van der Waals surface area contributed by atoms with E-state index in [9.17, 15) is 0 Å². The third-order valence-corrected chi connectivity index (χ3v) is 5.20. The first-order valence-corrected chi connectivity index (χ1v) is 8.14. The van der Waals surface area contributed by atoms with Crippen molar-refractivity contribution in [2.45, 2.75) is 52.6 Å². The van der Waals surface area contributed by atoms with Crippen LogP contribution >= 0.6 is 11.8 Å². The molecular formula is C14H30N2S. The molecule has 17 heavy (non-hydrogen) atoms. The van der Waals surface area contributed by atoms with Crippen molar-refractivity contribution in [1.29, 1.82) is 0 Å². The minimum atomic E-state index is 0.344. The average molecular weight is 258 g/mol. The number of hydrogen-bond acceptors (Lipinski definition) is 3. The highest BCUT2D eigenvalue weighted by molar-refractivity contribution is 7.99. The van der Waals surface area contributed by atoms with Crippen LogP contribution in [0, 0.1) is 5.41 Å². The van der Waals surface area contributed by atoms with Crippen LogP contribution in [0.3, 0.4) is 0 Å². The zero-order chi connectivity index (χ0) is 12.9. The molecule has 0 saturated carbocycles. The number of nitrogens with one attached hydrogen (secondary N) is 1. The van der Waals surface area contributed by atoms with Crippen molar-refractivity contribution in [3.8, 4) is 0 Å². The summed E-state index contributed by atoms with van der Waals surface area (Å²) >= 11 is 2.10. The van der Waals surface area contributed by atoms with Gasteiger partial charge in [0.15, 0.2) is 0 Å². The number of nitrogens with zero attached hydrogens (tertiary/aromatic N) is 1. The van der Waals surface area contributed by atoms with Crippen LogP contribution in [0.1, 0.15) is 40.5 Å². The Morgan fingerprint density at radius 2 is 2.18 bits per heavy atom. The highest BCUT2D eigenvalue weighted by atomic mass is 32.2. The molecule has 3 heteroatoms. The van der Waals surface area contributed by atoms with Crippen molar-refractivity contribution in [2.75, 3.05) is 31.6 Å². The van der Waals surface area contributed by atoms with E-state index in [4.69, 9.17) is 0 Å². The molecule has 0 radical (unpaired) electrons. The molecule has 1 heterocycles. The molecule has 2 unspecified atom stereocenters. The molecule has 0 aliphatic carbocycles. The minimum Gasteiger partial charge on any atom is -0.314 e. The lowest BCUT2D eigenvalue weighted by atomic mass is 9.84. The van der Waals surface area contributed by atoms with E-state index in [2.05, 4.69) is 56.7 Å². The molecule has 1 rings (SSSR count). The number of rotatable bonds is 7. The topological polar surface area (TPSA) is 15.3 Å². The zero-order valence-corrected chi connectivity index (χ0v) is 13.1. The van der Waals surface area contributed by atoms with E-state index in [0.29, 0.717) is 11.5 Å². The van der Waals surface area contributed by atoms with Crippen LogP contribution in [-0.2, 0) is 0 Å². The molecule has 2 nitrogen and oxygen atoms in total. The average Bonchev–Trinajstić information content (AvgIpc) is 2.78. The minimum absolute atomic E-state index is 0.344. The van der Waals surface area contributed by atoms with Crippen LogP contribution in [0.5, 0.6) is 0 Å². The van der Waals surface area contributed by atoms with E-state index < -0.39 is 0 Å². The van der Waals surface area contributed by atoms with Gasteiger partial charge in [0, 0.05) is 24.4 Å². The Morgan fingerprint density at radius 1 is 1.47 bits per heavy atom. The van der Waals surface area contributed by atoms with E-state index in [1.807, 2.05) is 0 Å². The van der Waals surface area contributed by atoms with Crippen molar-refractivity contribution in [3.63, 3.8) is 0 Å². The summed E-state index contributed by atoms with van der Waals surface area (Å²) in [6.07, 6.45) is 2.59. The summed E-state index contributed by atoms with van der Waals surface area (Å²) in [5.74, 6) is 2.67. The zero-order valence-electron chi connectivity index (χ0n) is 12.3. The van der Waals surface area contributed by atoms with Gasteiger partial charge >= 0.3 is 0 Å². The largest absolute Gasteiger partial charge is 0.314 e. The lowest BCUT2D eigenvalue weighted by molar-refractivity contribution is 0.138. The first kappa shape index (κ1) is 15.3. The van der Waals surface area contributed by atoms with E-state index in [1.165, 1.54) is 30.9 Å². The van der Waals surface area contributed by atoms with Crippen molar-refractivity contribution in [3.05, 3.63) is 0 Å². The van der Waals surface area contributed by atoms with Crippen LogP contribution in [0.25, 0.3) is 0 Å². The molecule has 1 N–H and O–H groups in total. The molecule has 1 aliphatic rings. The van der Waals surface area contributed by atoms with Crippen LogP contribution in [-0.4, -0.2) is 48.6 Å². The summed E-state index contributed by atoms with van der Waals surface area (Å²) in [5, 5.41) is 3.64. The molecule has 1 fully saturated rings. The Balaban J connectivity index is 2.40. The fraction of sp³-hybridized carbons (Fsp3) is 1.00. The quantitative estimate of drug-likeness (QED) is 0.756. The predicted molar refractivity (Wildman–Crippen MR) is 79.9 cm³/mol. The Kier molecular flexibility index (Phi) is 6.32. The Morgan fingerprint density at radius 3 is 2.71 bits per heavy atom. The molecule has 0 spiro atoms. The van der Waals surface area contributed by atoms with Crippen LogP contribution in [0.15, 0.2) is 0 Å². The molecule has 0 bridgehead atoms. The summed E-state index contributed by atoms with van der Waals surface area (Å²) in [4.78, 5) is 2.57. The first-order chi connectivity index (χ1) is 7.97. The second kappa shape index (κ2) is 7.01. The van der Waals surface area contributed by atoms with E-state index in [-0.39, 0.29) is 0 Å². The maximum absolute atomic E-state index is 3.64. The fourth-order valence-corrected chi connectivity index (χ4v) is 3.71. The Hall–Kier alpha value is 0.270. The lowest BCUT2D eigenvalue weighted by Gasteiger charge is -2.38. The van der Waals surface area contributed by atoms with Crippen molar-refractivity contribution < 1.29 is 0 Å². The number of hydrogen-bond donors (Lipinski definition) is 1. The first-order valence-electron chi connectivity index (χ1n) is 6.98. The van der Waals surface area contributed by atoms with E-state index in [1.54, 1.807) is 0 Å². The van der Waals surface area contributed by atoms with Crippen molar-refractivity contribution in [2.24, 2.45) is 5.41 Å². The lowest BCUT2D eigenvalue weighted by Crippen LogP contribution is -2.48. The molecule has 0 aromatic carbocycles. The molecule has 1 saturated heterocycles. The predicted octanol–water partition coefficient (Wildman–Crippen LogP) is 2.84. The van der Waals surface area contributed by atoms with Crippen LogP contribution < -0.4 is 5.32 Å². The third kappa shape index (κ3) is 4.80. The van der Waals surface area contributed by atoms with Crippen molar-refractivity contribution >= 4 is 11.8 Å². The standard InChI is InChI=1S/C14H30N2S/c1-6-8-15-12(2)14(3,4)11-16(5)13-7-9-17-10-13/h12-13,15H,6-11H2,1-5H3. The van der Waals surface area contributed by atoms with E-state index >= 15 is 0 Å². The summed E-state index contributed by atoms with van der Waals surface area (Å²) in [6.45, 7) is 11.7. The van der Waals surface area contributed by atoms with Gasteiger partial charge in [-0.2, -0.15) is 11.8 Å². The van der Waals surface area contributed by atoms with Crippen molar-refractivity contribution in [1.82, 2.24) is 10.2 Å². The second-order valence-electron chi connectivity index (χ2n) is 6.10. The van der Waals surface area contributed by atoms with Crippen LogP contribution in [0.2, 0.25) is 0 Å². The Bertz CT molecular complexity index is 212. The number of thioether (sulfide) groups is 1. The highest BCUT2D eigenvalue weighted by Gasteiger charge is 2.30. The normalized spacial score (nSPS) is 23.3. The molecule has 102 valence electrons. The van der Waals surface area contributed by atoms with Crippen LogP contribution in [0.4, 0.5) is 0 Å². The maximum Gasteiger partial charge on any atom is 0.0191 e. The van der Waals surface area contributed by atoms with Gasteiger partial charge in [-0.15, -0.1) is 0 Å². The molecule has 1 aliphatic heterocycles. The fourth-order valence-electron chi connectivity index (χ4n) is 2.42. The SMILES string of the molecule is CCCNC(C)C(C)(C)CN(C)C1CCSC1. The summed E-state index contributed by atoms with van der Waals surface area (Å²) in [5.41, 5.74) is 0.344. The van der Waals surface area contributed by atoms with Gasteiger partial charge in [-0.25, -0.2) is 0 Å². The van der Waals surface area contributed by atoms with E-state index in [0.717, 1.165) is 12.6 Å². The van der Waals surface area contributed by atoms with Gasteiger partial charge in [-0.05, 0) is 44.5 Å². The second-order valence-corrected chi connectivity index (χ2v) is 7.25. The van der Waals surface area contributed by atoms with Gasteiger partial charge in [-0.1, -0.05) is 20.8 Å². The summed E-state index contributed by atoms with van der Waals surface area (Å²) < 4.78 is 0. The summed E-state index contributed by atoms with van der Waals surface area (Å²) in [7, 11) is 2.30.